The molecule has 1 rings (SSSR count). The Bertz CT molecular complexity index is 377. The third kappa shape index (κ3) is 5.21. The van der Waals surface area contributed by atoms with E-state index in [0.717, 1.165) is 30.0 Å². The van der Waals surface area contributed by atoms with E-state index in [9.17, 15) is 5.11 Å². The minimum absolute atomic E-state index is 0.435. The van der Waals surface area contributed by atoms with Crippen LogP contribution in [-0.2, 0) is 6.54 Å². The minimum atomic E-state index is -0.435. The lowest BCUT2D eigenvalue weighted by atomic mass is 10.1. The summed E-state index contributed by atoms with van der Waals surface area (Å²) in [4.78, 5) is 2.30. The molecule has 1 aromatic carbocycles. The van der Waals surface area contributed by atoms with Crippen LogP contribution in [0.25, 0.3) is 0 Å². The Morgan fingerprint density at radius 1 is 1.32 bits per heavy atom. The molecule has 0 aromatic heterocycles. The summed E-state index contributed by atoms with van der Waals surface area (Å²) in [6.07, 6.45) is 3.31. The average Bonchev–Trinajstić information content (AvgIpc) is 2.38. The van der Waals surface area contributed by atoms with Crippen LogP contribution in [0.1, 0.15) is 50.3 Å². The van der Waals surface area contributed by atoms with Crippen molar-refractivity contribution in [2.75, 3.05) is 20.7 Å². The number of unbranched alkanes of at least 4 members (excludes halogenated alkanes) is 2. The van der Waals surface area contributed by atoms with Crippen LogP contribution >= 0.6 is 0 Å². The third-order valence-corrected chi connectivity index (χ3v) is 3.37. The van der Waals surface area contributed by atoms with Gasteiger partial charge in [-0.05, 0) is 44.6 Å². The summed E-state index contributed by atoms with van der Waals surface area (Å²) in [6, 6.07) is 5.90. The van der Waals surface area contributed by atoms with Gasteiger partial charge in [-0.15, -0.1) is 0 Å². The lowest BCUT2D eigenvalue weighted by molar-refractivity contribution is 0.199. The summed E-state index contributed by atoms with van der Waals surface area (Å²) in [5, 5.41) is 9.66. The molecule has 0 fully saturated rings. The van der Waals surface area contributed by atoms with E-state index in [4.69, 9.17) is 4.74 Å². The fraction of sp³-hybridized carbons (Fsp3) is 0.625. The number of ether oxygens (including phenoxy) is 1. The highest BCUT2D eigenvalue weighted by atomic mass is 16.5. The van der Waals surface area contributed by atoms with Gasteiger partial charge in [0, 0.05) is 12.1 Å². The summed E-state index contributed by atoms with van der Waals surface area (Å²) in [7, 11) is 3.82. The van der Waals surface area contributed by atoms with Crippen LogP contribution in [-0.4, -0.2) is 30.7 Å². The van der Waals surface area contributed by atoms with Gasteiger partial charge in [0.2, 0.25) is 0 Å². The fourth-order valence-electron chi connectivity index (χ4n) is 2.18. The van der Waals surface area contributed by atoms with Crippen molar-refractivity contribution in [2.45, 2.75) is 45.8 Å². The van der Waals surface area contributed by atoms with Gasteiger partial charge in [0.05, 0.1) is 13.2 Å². The second-order valence-electron chi connectivity index (χ2n) is 5.19. The van der Waals surface area contributed by atoms with Crippen molar-refractivity contribution in [3.8, 4) is 5.75 Å². The van der Waals surface area contributed by atoms with Crippen molar-refractivity contribution in [1.29, 1.82) is 0 Å². The highest BCUT2D eigenvalue weighted by Gasteiger charge is 2.09. The summed E-state index contributed by atoms with van der Waals surface area (Å²) < 4.78 is 5.40. The van der Waals surface area contributed by atoms with Gasteiger partial charge in [0.15, 0.2) is 0 Å². The first-order chi connectivity index (χ1) is 9.08. The molecule has 1 unspecified atom stereocenters. The number of hydrogen-bond donors (Lipinski definition) is 1. The smallest absolute Gasteiger partial charge is 0.123 e. The average molecular weight is 265 g/mol. The van der Waals surface area contributed by atoms with Gasteiger partial charge in [-0.3, -0.25) is 0 Å². The predicted octanol–water partition coefficient (Wildman–Crippen LogP) is 3.37. The maximum absolute atomic E-state index is 9.66. The zero-order valence-electron chi connectivity index (χ0n) is 12.6. The molecule has 0 heterocycles. The number of aliphatic hydroxyl groups is 1. The number of aliphatic hydroxyl groups excluding tert-OH is 1. The standard InChI is InChI=1S/C16H27NO2/c1-5-6-7-10-17(3)12-15-11-14(13(2)18)8-9-16(15)19-4/h8-9,11,13,18H,5-7,10,12H2,1-4H3. The van der Waals surface area contributed by atoms with Gasteiger partial charge >= 0.3 is 0 Å². The second kappa shape index (κ2) is 8.18. The first-order valence-electron chi connectivity index (χ1n) is 7.11. The molecule has 3 heteroatoms. The quantitative estimate of drug-likeness (QED) is 0.731. The molecule has 0 saturated heterocycles. The van der Waals surface area contributed by atoms with Crippen LogP contribution in [0.3, 0.4) is 0 Å². The summed E-state index contributed by atoms with van der Waals surface area (Å²) in [6.45, 7) is 5.95. The molecule has 19 heavy (non-hydrogen) atoms. The molecule has 0 aliphatic rings. The zero-order valence-corrected chi connectivity index (χ0v) is 12.6. The number of rotatable bonds is 8. The molecule has 3 nitrogen and oxygen atoms in total. The number of methoxy groups -OCH3 is 1. The summed E-state index contributed by atoms with van der Waals surface area (Å²) >= 11 is 0. The van der Waals surface area contributed by atoms with Gasteiger partial charge < -0.3 is 14.7 Å². The molecule has 1 atom stereocenters. The maximum atomic E-state index is 9.66. The van der Waals surface area contributed by atoms with Crippen molar-refractivity contribution in [3.05, 3.63) is 29.3 Å². The molecular weight excluding hydrogens is 238 g/mol. The molecule has 0 aliphatic carbocycles. The van der Waals surface area contributed by atoms with E-state index in [2.05, 4.69) is 18.9 Å². The molecule has 0 aliphatic heterocycles. The first-order valence-corrected chi connectivity index (χ1v) is 7.11. The highest BCUT2D eigenvalue weighted by Crippen LogP contribution is 2.24. The van der Waals surface area contributed by atoms with Crippen LogP contribution in [0.2, 0.25) is 0 Å². The molecule has 1 aromatic rings. The number of hydrogen-bond acceptors (Lipinski definition) is 3. The van der Waals surface area contributed by atoms with Gasteiger partial charge in [-0.1, -0.05) is 25.8 Å². The van der Waals surface area contributed by atoms with E-state index < -0.39 is 6.10 Å². The molecule has 0 radical (unpaired) electrons. The fourth-order valence-corrected chi connectivity index (χ4v) is 2.18. The van der Waals surface area contributed by atoms with Crippen LogP contribution in [0.5, 0.6) is 5.75 Å². The number of benzene rings is 1. The Labute approximate surface area is 117 Å². The van der Waals surface area contributed by atoms with Crippen molar-refractivity contribution >= 4 is 0 Å². The van der Waals surface area contributed by atoms with Gasteiger partial charge in [0.1, 0.15) is 5.75 Å². The van der Waals surface area contributed by atoms with E-state index in [1.165, 1.54) is 19.3 Å². The topological polar surface area (TPSA) is 32.7 Å². The van der Waals surface area contributed by atoms with Crippen LogP contribution < -0.4 is 4.74 Å². The van der Waals surface area contributed by atoms with Crippen molar-refractivity contribution in [3.63, 3.8) is 0 Å². The lowest BCUT2D eigenvalue weighted by Gasteiger charge is -2.19. The Morgan fingerprint density at radius 3 is 2.63 bits per heavy atom. The first kappa shape index (κ1) is 16.0. The lowest BCUT2D eigenvalue weighted by Crippen LogP contribution is -2.19. The second-order valence-corrected chi connectivity index (χ2v) is 5.19. The molecule has 0 bridgehead atoms. The summed E-state index contributed by atoms with van der Waals surface area (Å²) in [5.41, 5.74) is 2.08. The maximum Gasteiger partial charge on any atom is 0.123 e. The van der Waals surface area contributed by atoms with E-state index in [1.807, 2.05) is 18.2 Å². The van der Waals surface area contributed by atoms with Crippen LogP contribution in [0.15, 0.2) is 18.2 Å². The van der Waals surface area contributed by atoms with E-state index in [-0.39, 0.29) is 0 Å². The van der Waals surface area contributed by atoms with Gasteiger partial charge in [-0.2, -0.15) is 0 Å². The minimum Gasteiger partial charge on any atom is -0.496 e. The Morgan fingerprint density at radius 2 is 2.05 bits per heavy atom. The largest absolute Gasteiger partial charge is 0.496 e. The van der Waals surface area contributed by atoms with Crippen LogP contribution in [0, 0.1) is 0 Å². The highest BCUT2D eigenvalue weighted by molar-refractivity contribution is 5.38. The van der Waals surface area contributed by atoms with E-state index in [0.29, 0.717) is 0 Å². The Hall–Kier alpha value is -1.06. The van der Waals surface area contributed by atoms with Crippen LogP contribution in [0.4, 0.5) is 0 Å². The SMILES string of the molecule is CCCCCN(C)Cc1cc(C(C)O)ccc1OC. The van der Waals surface area contributed by atoms with Crippen molar-refractivity contribution in [1.82, 2.24) is 4.90 Å². The normalized spacial score (nSPS) is 12.7. The monoisotopic (exact) mass is 265 g/mol. The van der Waals surface area contributed by atoms with E-state index in [1.54, 1.807) is 14.0 Å². The zero-order chi connectivity index (χ0) is 14.3. The number of nitrogens with zero attached hydrogens (tertiary/aromatic N) is 1. The van der Waals surface area contributed by atoms with Crippen molar-refractivity contribution in [2.24, 2.45) is 0 Å². The Balaban J connectivity index is 2.71. The molecule has 0 spiro atoms. The van der Waals surface area contributed by atoms with E-state index >= 15 is 0 Å². The molecule has 108 valence electrons. The summed E-state index contributed by atoms with van der Waals surface area (Å²) in [5.74, 6) is 0.895. The van der Waals surface area contributed by atoms with Gasteiger partial charge in [-0.25, -0.2) is 0 Å². The molecule has 1 N–H and O–H groups in total. The molecular formula is C16H27NO2. The third-order valence-electron chi connectivity index (χ3n) is 3.37. The molecule has 0 saturated carbocycles. The molecule has 0 amide bonds. The predicted molar refractivity (Wildman–Crippen MR) is 79.5 cm³/mol. The van der Waals surface area contributed by atoms with Gasteiger partial charge in [0.25, 0.3) is 0 Å². The van der Waals surface area contributed by atoms with Crippen molar-refractivity contribution < 1.29 is 9.84 Å². The Kier molecular flexibility index (Phi) is 6.89.